The molecule has 0 heterocycles. The Labute approximate surface area is 124 Å². The molecule has 20 heavy (non-hydrogen) atoms. The average Bonchev–Trinajstić information content (AvgIpc) is 2.45. The van der Waals surface area contributed by atoms with Crippen molar-refractivity contribution in [3.8, 4) is 0 Å². The van der Waals surface area contributed by atoms with Crippen molar-refractivity contribution in [2.75, 3.05) is 18.5 Å². The first-order valence-corrected chi connectivity index (χ1v) is 6.83. The molecule has 0 aliphatic heterocycles. The molecule has 0 unspecified atom stereocenters. The molecule has 0 amide bonds. The van der Waals surface area contributed by atoms with E-state index in [0.717, 1.165) is 18.7 Å². The van der Waals surface area contributed by atoms with Crippen molar-refractivity contribution < 1.29 is 4.39 Å². The van der Waals surface area contributed by atoms with Crippen molar-refractivity contribution in [3.63, 3.8) is 0 Å². The zero-order valence-electron chi connectivity index (χ0n) is 11.3. The minimum atomic E-state index is -0.374. The van der Waals surface area contributed by atoms with Crippen LogP contribution in [0.2, 0.25) is 0 Å². The Bertz CT molecular complexity index is 599. The molecule has 4 heteroatoms. The Balaban J connectivity index is 2.04. The Morgan fingerprint density at radius 3 is 2.50 bits per heavy atom. The van der Waals surface area contributed by atoms with Crippen LogP contribution in [0.4, 0.5) is 10.1 Å². The van der Waals surface area contributed by atoms with E-state index < -0.39 is 0 Å². The summed E-state index contributed by atoms with van der Waals surface area (Å²) in [5.41, 5.74) is 7.83. The van der Waals surface area contributed by atoms with Crippen molar-refractivity contribution >= 4 is 22.9 Å². The third kappa shape index (κ3) is 3.54. The molecule has 0 aromatic heterocycles. The number of thiocarbonyl (C=S) groups is 1. The summed E-state index contributed by atoms with van der Waals surface area (Å²) in [6, 6.07) is 15.2. The van der Waals surface area contributed by atoms with Gasteiger partial charge >= 0.3 is 0 Å². The molecule has 0 atom stereocenters. The fourth-order valence-corrected chi connectivity index (χ4v) is 2.18. The highest BCUT2D eigenvalue weighted by Crippen LogP contribution is 2.18. The van der Waals surface area contributed by atoms with Crippen LogP contribution in [-0.2, 0) is 6.42 Å². The van der Waals surface area contributed by atoms with Gasteiger partial charge in [-0.15, -0.1) is 0 Å². The number of rotatable bonds is 5. The predicted octanol–water partition coefficient (Wildman–Crippen LogP) is 3.14. The van der Waals surface area contributed by atoms with Crippen molar-refractivity contribution in [2.24, 2.45) is 5.73 Å². The topological polar surface area (TPSA) is 29.3 Å². The summed E-state index contributed by atoms with van der Waals surface area (Å²) >= 11 is 4.80. The van der Waals surface area contributed by atoms with Gasteiger partial charge in [-0.25, -0.2) is 4.39 Å². The molecule has 2 N–H and O–H groups in total. The van der Waals surface area contributed by atoms with Gasteiger partial charge in [0.05, 0.1) is 0 Å². The van der Waals surface area contributed by atoms with Gasteiger partial charge in [0.1, 0.15) is 10.8 Å². The van der Waals surface area contributed by atoms with Crippen LogP contribution in [0.1, 0.15) is 11.1 Å². The lowest BCUT2D eigenvalue weighted by Crippen LogP contribution is -2.21. The van der Waals surface area contributed by atoms with Crippen molar-refractivity contribution in [3.05, 3.63) is 65.5 Å². The molecule has 104 valence electrons. The van der Waals surface area contributed by atoms with E-state index >= 15 is 0 Å². The van der Waals surface area contributed by atoms with Gasteiger partial charge in [0, 0.05) is 24.8 Å². The van der Waals surface area contributed by atoms with E-state index in [4.69, 9.17) is 18.0 Å². The number of halogens is 1. The number of benzene rings is 2. The van der Waals surface area contributed by atoms with Gasteiger partial charge in [-0.1, -0.05) is 42.5 Å². The first-order chi connectivity index (χ1) is 9.58. The van der Waals surface area contributed by atoms with Gasteiger partial charge in [0.15, 0.2) is 0 Å². The Kier molecular flexibility index (Phi) is 4.69. The standard InChI is InChI=1S/C16H17FN2S/c1-19(10-9-12-5-3-2-4-6-12)13-7-8-14(16(18)20)15(17)11-13/h2-8,11H,9-10H2,1H3,(H2,18,20). The molecule has 0 aliphatic rings. The van der Waals surface area contributed by atoms with Gasteiger partial charge < -0.3 is 10.6 Å². The molecule has 2 nitrogen and oxygen atoms in total. The fourth-order valence-electron chi connectivity index (χ4n) is 2.01. The number of anilines is 1. The number of hydrogen-bond acceptors (Lipinski definition) is 2. The first-order valence-electron chi connectivity index (χ1n) is 6.42. The third-order valence-corrected chi connectivity index (χ3v) is 3.46. The second-order valence-electron chi connectivity index (χ2n) is 4.69. The lowest BCUT2D eigenvalue weighted by Gasteiger charge is -2.20. The van der Waals surface area contributed by atoms with Crippen molar-refractivity contribution in [1.82, 2.24) is 0 Å². The quantitative estimate of drug-likeness (QED) is 0.857. The highest BCUT2D eigenvalue weighted by molar-refractivity contribution is 7.80. The van der Waals surface area contributed by atoms with E-state index in [-0.39, 0.29) is 10.8 Å². The van der Waals surface area contributed by atoms with Gasteiger partial charge in [0.25, 0.3) is 0 Å². The molecular weight excluding hydrogens is 271 g/mol. The molecular formula is C16H17FN2S. The number of likely N-dealkylation sites (N-methyl/N-ethyl adjacent to an activating group) is 1. The molecule has 0 radical (unpaired) electrons. The summed E-state index contributed by atoms with van der Waals surface area (Å²) in [5.74, 6) is -0.374. The van der Waals surface area contributed by atoms with Crippen LogP contribution < -0.4 is 10.6 Å². The smallest absolute Gasteiger partial charge is 0.135 e. The molecule has 0 fully saturated rings. The molecule has 0 saturated heterocycles. The van der Waals surface area contributed by atoms with E-state index in [0.29, 0.717) is 5.56 Å². The lowest BCUT2D eigenvalue weighted by molar-refractivity contribution is 0.625. The highest BCUT2D eigenvalue weighted by atomic mass is 32.1. The maximum Gasteiger partial charge on any atom is 0.135 e. The molecule has 0 bridgehead atoms. The Morgan fingerprint density at radius 2 is 1.90 bits per heavy atom. The normalized spacial score (nSPS) is 10.3. The number of hydrogen-bond donors (Lipinski definition) is 1. The molecule has 0 spiro atoms. The maximum absolute atomic E-state index is 13.8. The largest absolute Gasteiger partial charge is 0.389 e. The number of nitrogens with zero attached hydrogens (tertiary/aromatic N) is 1. The average molecular weight is 288 g/mol. The summed E-state index contributed by atoms with van der Waals surface area (Å²) in [5, 5.41) is 0. The van der Waals surface area contributed by atoms with Crippen LogP contribution in [0.5, 0.6) is 0 Å². The monoisotopic (exact) mass is 288 g/mol. The third-order valence-electron chi connectivity index (χ3n) is 3.24. The highest BCUT2D eigenvalue weighted by Gasteiger charge is 2.08. The minimum Gasteiger partial charge on any atom is -0.389 e. The maximum atomic E-state index is 13.8. The SMILES string of the molecule is CN(CCc1ccccc1)c1ccc(C(N)=S)c(F)c1. The molecule has 2 rings (SSSR count). The van der Waals surface area contributed by atoms with Crippen LogP contribution in [0.15, 0.2) is 48.5 Å². The predicted molar refractivity (Wildman–Crippen MR) is 85.7 cm³/mol. The van der Waals surface area contributed by atoms with Crippen LogP contribution in [-0.4, -0.2) is 18.6 Å². The summed E-state index contributed by atoms with van der Waals surface area (Å²) in [7, 11) is 1.94. The zero-order chi connectivity index (χ0) is 14.5. The molecule has 2 aromatic rings. The van der Waals surface area contributed by atoms with Crippen LogP contribution in [0, 0.1) is 5.82 Å². The second kappa shape index (κ2) is 6.48. The summed E-state index contributed by atoms with van der Waals surface area (Å²) in [4.78, 5) is 2.10. The number of nitrogens with two attached hydrogens (primary N) is 1. The van der Waals surface area contributed by atoms with Gasteiger partial charge in [-0.2, -0.15) is 0 Å². The summed E-state index contributed by atoms with van der Waals surface area (Å²) in [6.45, 7) is 0.815. The van der Waals surface area contributed by atoms with E-state index in [1.807, 2.05) is 36.2 Å². The van der Waals surface area contributed by atoms with Crippen LogP contribution in [0.25, 0.3) is 0 Å². The van der Waals surface area contributed by atoms with Crippen molar-refractivity contribution in [1.29, 1.82) is 0 Å². The molecule has 0 saturated carbocycles. The van der Waals surface area contributed by atoms with Crippen molar-refractivity contribution in [2.45, 2.75) is 6.42 Å². The fraction of sp³-hybridized carbons (Fsp3) is 0.188. The lowest BCUT2D eigenvalue weighted by atomic mass is 10.1. The second-order valence-corrected chi connectivity index (χ2v) is 5.13. The van der Waals surface area contributed by atoms with E-state index in [9.17, 15) is 4.39 Å². The molecule has 0 aliphatic carbocycles. The Morgan fingerprint density at radius 1 is 1.20 bits per heavy atom. The zero-order valence-corrected chi connectivity index (χ0v) is 12.2. The van der Waals surface area contributed by atoms with Crippen LogP contribution >= 0.6 is 12.2 Å². The Hall–Kier alpha value is -1.94. The van der Waals surface area contributed by atoms with E-state index in [1.165, 1.54) is 11.6 Å². The van der Waals surface area contributed by atoms with Crippen LogP contribution in [0.3, 0.4) is 0 Å². The van der Waals surface area contributed by atoms with Gasteiger partial charge in [-0.05, 0) is 30.2 Å². The summed E-state index contributed by atoms with van der Waals surface area (Å²) < 4.78 is 13.8. The van der Waals surface area contributed by atoms with Gasteiger partial charge in [0.2, 0.25) is 0 Å². The molecule has 2 aromatic carbocycles. The van der Waals surface area contributed by atoms with Gasteiger partial charge in [-0.3, -0.25) is 0 Å². The van der Waals surface area contributed by atoms with E-state index in [1.54, 1.807) is 6.07 Å². The minimum absolute atomic E-state index is 0.0842. The van der Waals surface area contributed by atoms with E-state index in [2.05, 4.69) is 12.1 Å². The summed E-state index contributed by atoms with van der Waals surface area (Å²) in [6.07, 6.45) is 0.913. The first kappa shape index (κ1) is 14.5.